The van der Waals surface area contributed by atoms with Gasteiger partial charge in [0.05, 0.1) is 33.9 Å². The Morgan fingerprint density at radius 2 is 0.922 bits per heavy atom. The summed E-state index contributed by atoms with van der Waals surface area (Å²) in [5.74, 6) is 39.7. The van der Waals surface area contributed by atoms with E-state index in [1.807, 2.05) is 75.3 Å². The van der Waals surface area contributed by atoms with Crippen LogP contribution in [0.15, 0.2) is 121 Å². The minimum absolute atomic E-state index is 0.0137. The van der Waals surface area contributed by atoms with Gasteiger partial charge in [-0.25, -0.2) is 9.59 Å². The summed E-state index contributed by atoms with van der Waals surface area (Å²) in [6, 6.07) is 34.5. The molecule has 0 fully saturated rings. The highest BCUT2D eigenvalue weighted by Crippen LogP contribution is 2.39. The second-order valence-electron chi connectivity index (χ2n) is 20.2. The summed E-state index contributed by atoms with van der Waals surface area (Å²) in [5.41, 5.74) is 4.45. The summed E-state index contributed by atoms with van der Waals surface area (Å²) >= 11 is 0. The number of ether oxygens (including phenoxy) is 6. The minimum Gasteiger partial charge on any atom is -0.490 e. The topological polar surface area (TPSA) is 136 Å². The Kier molecular flexibility index (Phi) is 27.4. The molecule has 0 saturated heterocycles. The van der Waals surface area contributed by atoms with Crippen LogP contribution < -0.4 is 33.3 Å². The normalized spacial score (nSPS) is 10.3. The molecule has 0 spiro atoms. The van der Waals surface area contributed by atoms with E-state index in [9.17, 15) is 19.7 Å². The first-order valence-electron chi connectivity index (χ1n) is 29.1. The lowest BCUT2D eigenvalue weighted by atomic mass is 10.0. The second-order valence-corrected chi connectivity index (χ2v) is 20.2. The van der Waals surface area contributed by atoms with Crippen LogP contribution in [0.1, 0.15) is 124 Å². The van der Waals surface area contributed by atoms with E-state index in [0.29, 0.717) is 40.5 Å². The Morgan fingerprint density at radius 1 is 0.500 bits per heavy atom. The number of nitrogens with zero attached hydrogens (tertiary/aromatic N) is 2. The van der Waals surface area contributed by atoms with E-state index in [2.05, 4.69) is 121 Å². The molecule has 6 aromatic rings. The minimum atomic E-state index is -0.854. The molecule has 446 valence electrons. The number of benzene rings is 6. The maximum atomic E-state index is 14.5. The molecule has 0 aliphatic rings. The van der Waals surface area contributed by atoms with Gasteiger partial charge in [-0.15, -0.1) is 12.8 Å². The van der Waals surface area contributed by atoms with Gasteiger partial charge in [0.2, 0.25) is 0 Å². The predicted octanol–water partition coefficient (Wildman–Crippen LogP) is 15.0. The number of nitro benzene ring substituents is 1. The third-order valence-corrected chi connectivity index (χ3v) is 13.2. The number of carbonyl (C=O) groups is 2. The number of rotatable bonds is 26. The molecule has 0 N–H and O–H groups in total. The molecule has 0 aromatic heterocycles. The van der Waals surface area contributed by atoms with Gasteiger partial charge in [-0.3, -0.25) is 10.1 Å². The molecule has 0 unspecified atom stereocenters. The molecule has 6 aromatic carbocycles. The highest BCUT2D eigenvalue weighted by atomic mass is 16.6. The van der Waals surface area contributed by atoms with Crippen LogP contribution in [-0.2, 0) is 0 Å². The second kappa shape index (κ2) is 36.8. The largest absolute Gasteiger partial charge is 0.490 e. The maximum absolute atomic E-state index is 14.5. The van der Waals surface area contributed by atoms with Gasteiger partial charge in [-0.1, -0.05) is 113 Å². The van der Waals surface area contributed by atoms with Crippen molar-refractivity contribution >= 4 is 35.5 Å². The third-order valence-electron chi connectivity index (χ3n) is 13.2. The molecule has 0 aliphatic heterocycles. The molecule has 90 heavy (non-hydrogen) atoms. The van der Waals surface area contributed by atoms with Crippen molar-refractivity contribution in [2.45, 2.75) is 104 Å². The summed E-state index contributed by atoms with van der Waals surface area (Å²) in [5, 5.41) is 12.8. The zero-order valence-electron chi connectivity index (χ0n) is 51.1. The quantitative estimate of drug-likeness (QED) is 0.00976. The molecule has 0 amide bonds. The summed E-state index contributed by atoms with van der Waals surface area (Å²) in [6.45, 7) is 8.16. The summed E-state index contributed by atoms with van der Waals surface area (Å²) < 4.78 is 36.2. The van der Waals surface area contributed by atoms with Crippen molar-refractivity contribution in [1.82, 2.24) is 0 Å². The van der Waals surface area contributed by atoms with Crippen molar-refractivity contribution in [3.05, 3.63) is 154 Å². The Morgan fingerprint density at radius 3 is 1.38 bits per heavy atom. The van der Waals surface area contributed by atoms with Crippen molar-refractivity contribution in [3.63, 3.8) is 0 Å². The first-order valence-corrected chi connectivity index (χ1v) is 29.1. The smallest absolute Gasteiger partial charge is 0.344 e. The number of anilines is 1. The van der Waals surface area contributed by atoms with Crippen LogP contribution in [0.4, 0.5) is 11.4 Å². The van der Waals surface area contributed by atoms with Crippen LogP contribution in [0, 0.1) is 130 Å². The van der Waals surface area contributed by atoms with Crippen molar-refractivity contribution in [2.24, 2.45) is 0 Å². The van der Waals surface area contributed by atoms with Gasteiger partial charge in [0.1, 0.15) is 35.2 Å². The Bertz CT molecular complexity index is 4180. The van der Waals surface area contributed by atoms with Crippen LogP contribution in [0.2, 0.25) is 0 Å². The average molecular weight is 1190 g/mol. The fourth-order valence-corrected chi connectivity index (χ4v) is 8.68. The molecular formula is C78H64N2O10. The summed E-state index contributed by atoms with van der Waals surface area (Å²) in [7, 11) is 3.67. The SMILES string of the molecule is C#CC#CC#CC#CC#COc1ccc(-c2ccc(OC(=O)c3cc([N+](=O)[O-])c(O[C@@H](C)CCCCCC)cc3/C=C/c3cc(OC(=O)c4ccc(-c5ccc(OC#CC#CC#CC#CC#C)cc5)cc4)c(N(C)C)cc3O[C@@H](C)CCCCCC)cc2)cc1. The van der Waals surface area contributed by atoms with Crippen molar-refractivity contribution in [3.8, 4) is 177 Å². The number of unbranched alkanes of at least 4 members (excludes halogenated alkanes) is 6. The van der Waals surface area contributed by atoms with Gasteiger partial charge in [0.25, 0.3) is 0 Å². The number of esters is 2. The molecule has 0 saturated carbocycles. The molecule has 0 radical (unpaired) electrons. The lowest BCUT2D eigenvalue weighted by molar-refractivity contribution is -0.386. The van der Waals surface area contributed by atoms with Crippen LogP contribution >= 0.6 is 0 Å². The van der Waals surface area contributed by atoms with E-state index in [4.69, 9.17) is 41.3 Å². The van der Waals surface area contributed by atoms with E-state index in [1.54, 1.807) is 78.9 Å². The first kappa shape index (κ1) is 67.1. The van der Waals surface area contributed by atoms with Gasteiger partial charge < -0.3 is 33.3 Å². The van der Waals surface area contributed by atoms with E-state index in [0.717, 1.165) is 80.0 Å². The maximum Gasteiger partial charge on any atom is 0.344 e. The molecule has 0 bridgehead atoms. The van der Waals surface area contributed by atoms with Crippen molar-refractivity contribution < 1.29 is 42.9 Å². The average Bonchev–Trinajstić information content (AvgIpc) is 1.04. The molecule has 6 rings (SSSR count). The fraction of sp³-hybridized carbons (Fsp3) is 0.231. The standard InChI is InChI=1S/C78H64N2O10/c1-9-13-17-21-23-25-27-31-53-85-68-47-41-62(42-48-68)61-35-37-65(38-36-61)77(81)90-75-56-67(74(58-72(75)79(7)8)87-59(5)33-29-19-15-11-3)40-39-66-55-76(88-60(6)34-30-20-16-12-4)73(80(83)84)57-71(66)78(82)89-70-51-45-64(46-52-70)63-43-49-69(50-44-63)86-54-32-28-26-24-22-18-14-10-2/h1-2,35-52,55-60H,11-12,15-16,19-20,29-30,33-34H2,3-8H3/b40-39+/t59-,60-/m0/s1. The number of hydrogen-bond donors (Lipinski definition) is 0. The Balaban J connectivity index is 1.30. The summed E-state index contributed by atoms with van der Waals surface area (Å²) in [6.07, 6.45) is 27.6. The Labute approximate surface area is 529 Å². The summed E-state index contributed by atoms with van der Waals surface area (Å²) in [4.78, 5) is 42.6. The lowest BCUT2D eigenvalue weighted by Crippen LogP contribution is -2.16. The fourth-order valence-electron chi connectivity index (χ4n) is 8.68. The number of hydrogen-bond acceptors (Lipinski definition) is 11. The lowest BCUT2D eigenvalue weighted by Gasteiger charge is -2.22. The van der Waals surface area contributed by atoms with Gasteiger partial charge in [-0.05, 0) is 175 Å². The molecule has 2 atom stereocenters. The highest BCUT2D eigenvalue weighted by Gasteiger charge is 2.26. The van der Waals surface area contributed by atoms with Crippen LogP contribution in [0.25, 0.3) is 34.4 Å². The molecule has 0 aliphatic carbocycles. The van der Waals surface area contributed by atoms with Gasteiger partial charge in [-0.2, -0.15) is 0 Å². The van der Waals surface area contributed by atoms with Crippen LogP contribution in [0.5, 0.6) is 34.5 Å². The first-order chi connectivity index (χ1) is 43.8. The molecular weight excluding hydrogens is 1120 g/mol. The number of carbonyl (C=O) groups excluding carboxylic acids is 2. The van der Waals surface area contributed by atoms with Crippen LogP contribution in [0.3, 0.4) is 0 Å². The number of nitro groups is 1. The van der Waals surface area contributed by atoms with E-state index >= 15 is 0 Å². The third kappa shape index (κ3) is 22.1. The van der Waals surface area contributed by atoms with Crippen LogP contribution in [-0.4, -0.2) is 43.2 Å². The highest BCUT2D eigenvalue weighted by molar-refractivity contribution is 5.98. The van der Waals surface area contributed by atoms with Gasteiger partial charge in [0, 0.05) is 79.2 Å². The molecule has 12 heteroatoms. The Hall–Kier alpha value is -12.0. The zero-order valence-corrected chi connectivity index (χ0v) is 51.1. The van der Waals surface area contributed by atoms with Gasteiger partial charge >= 0.3 is 17.6 Å². The molecule has 12 nitrogen and oxygen atoms in total. The van der Waals surface area contributed by atoms with E-state index < -0.39 is 22.5 Å². The van der Waals surface area contributed by atoms with Crippen molar-refractivity contribution in [1.29, 1.82) is 0 Å². The van der Waals surface area contributed by atoms with Gasteiger partial charge in [0.15, 0.2) is 11.5 Å². The molecule has 0 heterocycles. The van der Waals surface area contributed by atoms with E-state index in [-0.39, 0.29) is 40.6 Å². The monoisotopic (exact) mass is 1190 g/mol. The van der Waals surface area contributed by atoms with E-state index in [1.165, 1.54) is 12.1 Å². The zero-order chi connectivity index (χ0) is 64.3. The number of terminal acetylenes is 2. The predicted molar refractivity (Wildman–Crippen MR) is 355 cm³/mol. The van der Waals surface area contributed by atoms with Crippen molar-refractivity contribution in [2.75, 3.05) is 19.0 Å².